The van der Waals surface area contributed by atoms with Crippen LogP contribution in [0.25, 0.3) is 0 Å². The van der Waals surface area contributed by atoms with Crippen molar-refractivity contribution in [1.82, 2.24) is 5.32 Å². The van der Waals surface area contributed by atoms with Gasteiger partial charge in [0, 0.05) is 12.6 Å². The van der Waals surface area contributed by atoms with Crippen molar-refractivity contribution in [2.75, 3.05) is 13.7 Å². The van der Waals surface area contributed by atoms with Crippen molar-refractivity contribution >= 4 is 0 Å². The normalized spacial score (nSPS) is 12.1. The van der Waals surface area contributed by atoms with E-state index < -0.39 is 0 Å². The molecule has 0 unspecified atom stereocenters. The number of rotatable bonds is 8. The summed E-state index contributed by atoms with van der Waals surface area (Å²) in [5, 5.41) is 12.2. The Morgan fingerprint density at radius 2 is 1.71 bits per heavy atom. The van der Waals surface area contributed by atoms with Crippen LogP contribution in [-0.4, -0.2) is 24.8 Å². The van der Waals surface area contributed by atoms with Crippen LogP contribution in [0.2, 0.25) is 0 Å². The molecular weight excluding hydrogens is 262 g/mol. The molecule has 2 aromatic carbocycles. The monoisotopic (exact) mass is 285 g/mol. The maximum Gasteiger partial charge on any atom is 0.119 e. The molecule has 0 radical (unpaired) electrons. The predicted octanol–water partition coefficient (Wildman–Crippen LogP) is 2.78. The van der Waals surface area contributed by atoms with Gasteiger partial charge < -0.3 is 15.2 Å². The lowest BCUT2D eigenvalue weighted by Gasteiger charge is -2.15. The highest BCUT2D eigenvalue weighted by Crippen LogP contribution is 2.15. The van der Waals surface area contributed by atoms with E-state index in [0.29, 0.717) is 12.6 Å². The van der Waals surface area contributed by atoms with E-state index in [4.69, 9.17) is 9.84 Å². The molecule has 0 aliphatic carbocycles. The fourth-order valence-electron chi connectivity index (χ4n) is 2.25. The molecule has 0 saturated carbocycles. The molecule has 3 heteroatoms. The maximum absolute atomic E-state index is 9.01. The van der Waals surface area contributed by atoms with Crippen LogP contribution in [0.15, 0.2) is 54.6 Å². The van der Waals surface area contributed by atoms with Gasteiger partial charge in [0.1, 0.15) is 12.4 Å². The predicted molar refractivity (Wildman–Crippen MR) is 85.5 cm³/mol. The van der Waals surface area contributed by atoms with E-state index >= 15 is 0 Å². The van der Waals surface area contributed by atoms with Gasteiger partial charge in [0.25, 0.3) is 0 Å². The third-order valence-corrected chi connectivity index (χ3v) is 3.54. The zero-order chi connectivity index (χ0) is 14.9. The average molecular weight is 285 g/mol. The number of benzene rings is 2. The Morgan fingerprint density at radius 3 is 2.33 bits per heavy atom. The third-order valence-electron chi connectivity index (χ3n) is 3.54. The minimum Gasteiger partial charge on any atom is -0.489 e. The largest absolute Gasteiger partial charge is 0.489 e. The first kappa shape index (κ1) is 15.5. The van der Waals surface area contributed by atoms with E-state index in [-0.39, 0.29) is 6.61 Å². The Bertz CT molecular complexity index is 511. The lowest BCUT2D eigenvalue weighted by atomic mass is 10.0. The van der Waals surface area contributed by atoms with Gasteiger partial charge in [-0.2, -0.15) is 0 Å². The molecule has 0 saturated heterocycles. The molecule has 112 valence electrons. The van der Waals surface area contributed by atoms with E-state index in [1.165, 1.54) is 11.1 Å². The van der Waals surface area contributed by atoms with Crippen LogP contribution in [0.5, 0.6) is 5.75 Å². The first-order valence-corrected chi connectivity index (χ1v) is 7.35. The van der Waals surface area contributed by atoms with E-state index in [9.17, 15) is 0 Å². The molecular formula is C18H23NO2. The Morgan fingerprint density at radius 1 is 1.00 bits per heavy atom. The average Bonchev–Trinajstić information content (AvgIpc) is 2.54. The SMILES string of the molecule is CN[C@H](CCO)Cc1ccc(OCc2ccccc2)cc1. The number of hydrogen-bond acceptors (Lipinski definition) is 3. The van der Waals surface area contributed by atoms with Crippen molar-refractivity contribution < 1.29 is 9.84 Å². The van der Waals surface area contributed by atoms with Crippen molar-refractivity contribution in [3.8, 4) is 5.75 Å². The van der Waals surface area contributed by atoms with Gasteiger partial charge in [0.05, 0.1) is 0 Å². The van der Waals surface area contributed by atoms with Crippen LogP contribution in [0.4, 0.5) is 0 Å². The first-order valence-electron chi connectivity index (χ1n) is 7.35. The van der Waals surface area contributed by atoms with Crippen molar-refractivity contribution in [2.45, 2.75) is 25.5 Å². The molecule has 0 aliphatic rings. The van der Waals surface area contributed by atoms with Gasteiger partial charge in [-0.05, 0) is 43.1 Å². The van der Waals surface area contributed by atoms with Crippen LogP contribution < -0.4 is 10.1 Å². The Labute approximate surface area is 126 Å². The summed E-state index contributed by atoms with van der Waals surface area (Å²) in [7, 11) is 1.93. The standard InChI is InChI=1S/C18H23NO2/c1-19-17(11-12-20)13-15-7-9-18(10-8-15)21-14-16-5-3-2-4-6-16/h2-10,17,19-20H,11-14H2,1H3/t17-/m1/s1. The van der Waals surface area contributed by atoms with Gasteiger partial charge in [-0.25, -0.2) is 0 Å². The van der Waals surface area contributed by atoms with E-state index in [0.717, 1.165) is 18.6 Å². The van der Waals surface area contributed by atoms with Crippen molar-refractivity contribution in [1.29, 1.82) is 0 Å². The van der Waals surface area contributed by atoms with Gasteiger partial charge in [-0.1, -0.05) is 42.5 Å². The number of likely N-dealkylation sites (N-methyl/N-ethyl adjacent to an activating group) is 1. The molecule has 2 aromatic rings. The lowest BCUT2D eigenvalue weighted by molar-refractivity contribution is 0.267. The van der Waals surface area contributed by atoms with Crippen molar-refractivity contribution in [3.05, 3.63) is 65.7 Å². The third kappa shape index (κ3) is 5.21. The van der Waals surface area contributed by atoms with Crippen molar-refractivity contribution in [2.24, 2.45) is 0 Å². The van der Waals surface area contributed by atoms with Gasteiger partial charge >= 0.3 is 0 Å². The molecule has 0 aliphatic heterocycles. The summed E-state index contributed by atoms with van der Waals surface area (Å²) in [5.74, 6) is 0.880. The maximum atomic E-state index is 9.01. The topological polar surface area (TPSA) is 41.5 Å². The zero-order valence-corrected chi connectivity index (χ0v) is 12.5. The summed E-state index contributed by atoms with van der Waals surface area (Å²) in [6.07, 6.45) is 1.68. The molecule has 2 N–H and O–H groups in total. The van der Waals surface area contributed by atoms with E-state index in [1.54, 1.807) is 0 Å². The number of aliphatic hydroxyl groups excluding tert-OH is 1. The Hall–Kier alpha value is -1.84. The fraction of sp³-hybridized carbons (Fsp3) is 0.333. The van der Waals surface area contributed by atoms with E-state index in [1.807, 2.05) is 37.4 Å². The second-order valence-electron chi connectivity index (χ2n) is 5.12. The van der Waals surface area contributed by atoms with Gasteiger partial charge in [0.15, 0.2) is 0 Å². The summed E-state index contributed by atoms with van der Waals surface area (Å²) in [6.45, 7) is 0.799. The summed E-state index contributed by atoms with van der Waals surface area (Å²) in [6, 6.07) is 18.6. The smallest absolute Gasteiger partial charge is 0.119 e. The van der Waals surface area contributed by atoms with Crippen LogP contribution in [0.3, 0.4) is 0 Å². The van der Waals surface area contributed by atoms with Crippen LogP contribution in [-0.2, 0) is 13.0 Å². The molecule has 0 amide bonds. The molecule has 1 atom stereocenters. The second kappa shape index (κ2) is 8.45. The number of hydrogen-bond donors (Lipinski definition) is 2. The molecule has 21 heavy (non-hydrogen) atoms. The number of ether oxygens (including phenoxy) is 1. The molecule has 0 spiro atoms. The zero-order valence-electron chi connectivity index (χ0n) is 12.5. The van der Waals surface area contributed by atoms with Crippen LogP contribution in [0.1, 0.15) is 17.5 Å². The summed E-state index contributed by atoms with van der Waals surface area (Å²) < 4.78 is 5.77. The Balaban J connectivity index is 1.87. The van der Waals surface area contributed by atoms with Crippen molar-refractivity contribution in [3.63, 3.8) is 0 Å². The highest BCUT2D eigenvalue weighted by Gasteiger charge is 2.06. The fourth-order valence-corrected chi connectivity index (χ4v) is 2.25. The molecule has 0 aromatic heterocycles. The molecule has 0 heterocycles. The molecule has 3 nitrogen and oxygen atoms in total. The summed E-state index contributed by atoms with van der Waals surface area (Å²) in [4.78, 5) is 0. The van der Waals surface area contributed by atoms with Gasteiger partial charge in [-0.15, -0.1) is 0 Å². The van der Waals surface area contributed by atoms with Gasteiger partial charge in [0.2, 0.25) is 0 Å². The van der Waals surface area contributed by atoms with Crippen LogP contribution >= 0.6 is 0 Å². The first-order chi connectivity index (χ1) is 10.3. The quantitative estimate of drug-likeness (QED) is 0.783. The van der Waals surface area contributed by atoms with E-state index in [2.05, 4.69) is 29.6 Å². The number of nitrogens with one attached hydrogen (secondary N) is 1. The number of aliphatic hydroxyl groups is 1. The highest BCUT2D eigenvalue weighted by molar-refractivity contribution is 5.28. The van der Waals surface area contributed by atoms with Crippen LogP contribution in [0, 0.1) is 0 Å². The Kier molecular flexibility index (Phi) is 6.25. The highest BCUT2D eigenvalue weighted by atomic mass is 16.5. The molecule has 0 bridgehead atoms. The lowest BCUT2D eigenvalue weighted by Crippen LogP contribution is -2.28. The summed E-state index contributed by atoms with van der Waals surface area (Å²) in [5.41, 5.74) is 2.41. The summed E-state index contributed by atoms with van der Waals surface area (Å²) >= 11 is 0. The molecule has 2 rings (SSSR count). The van der Waals surface area contributed by atoms with Gasteiger partial charge in [-0.3, -0.25) is 0 Å². The second-order valence-corrected chi connectivity index (χ2v) is 5.12. The minimum atomic E-state index is 0.212. The minimum absolute atomic E-state index is 0.212. The molecule has 0 fully saturated rings.